The SMILES string of the molecule is Cc1ccc(-c2ccc(CCC(=O)N3CCC(CS(N)(=O)=O)C3)o2)cc1. The highest BCUT2D eigenvalue weighted by molar-refractivity contribution is 7.89. The molecule has 2 heterocycles. The van der Waals surface area contributed by atoms with E-state index in [2.05, 4.69) is 0 Å². The van der Waals surface area contributed by atoms with Crippen molar-refractivity contribution in [3.8, 4) is 11.3 Å². The van der Waals surface area contributed by atoms with E-state index in [1.165, 1.54) is 5.56 Å². The molecule has 6 nitrogen and oxygen atoms in total. The highest BCUT2D eigenvalue weighted by atomic mass is 32.2. The molecular formula is C19H24N2O4S. The van der Waals surface area contributed by atoms with Gasteiger partial charge in [0, 0.05) is 31.5 Å². The second-order valence-electron chi connectivity index (χ2n) is 6.96. The quantitative estimate of drug-likeness (QED) is 0.837. The van der Waals surface area contributed by atoms with Crippen LogP contribution in [0.5, 0.6) is 0 Å². The number of furan rings is 1. The Morgan fingerprint density at radius 1 is 1.23 bits per heavy atom. The third-order valence-electron chi connectivity index (χ3n) is 4.69. The molecule has 1 atom stereocenters. The number of rotatable bonds is 6. The summed E-state index contributed by atoms with van der Waals surface area (Å²) >= 11 is 0. The second kappa shape index (κ2) is 7.63. The Hall–Kier alpha value is -2.12. The number of carbonyl (C=O) groups excluding carboxylic acids is 1. The van der Waals surface area contributed by atoms with Gasteiger partial charge >= 0.3 is 0 Å². The van der Waals surface area contributed by atoms with Crippen molar-refractivity contribution in [3.63, 3.8) is 0 Å². The standard InChI is InChI=1S/C19H24N2O4S/c1-14-2-4-16(5-3-14)18-8-6-17(25-18)7-9-19(22)21-11-10-15(12-21)13-26(20,23)24/h2-6,8,15H,7,9-13H2,1H3,(H2,20,23,24). The molecule has 1 fully saturated rings. The molecule has 0 saturated carbocycles. The van der Waals surface area contributed by atoms with Gasteiger partial charge in [-0.1, -0.05) is 29.8 Å². The van der Waals surface area contributed by atoms with Crippen molar-refractivity contribution in [1.29, 1.82) is 0 Å². The molecule has 26 heavy (non-hydrogen) atoms. The predicted molar refractivity (Wildman–Crippen MR) is 99.9 cm³/mol. The number of nitrogens with two attached hydrogens (primary N) is 1. The van der Waals surface area contributed by atoms with Crippen molar-refractivity contribution in [2.75, 3.05) is 18.8 Å². The van der Waals surface area contributed by atoms with Crippen LogP contribution in [0.1, 0.15) is 24.2 Å². The van der Waals surface area contributed by atoms with E-state index < -0.39 is 10.0 Å². The first-order valence-electron chi connectivity index (χ1n) is 8.74. The number of nitrogens with zero attached hydrogens (tertiary/aromatic N) is 1. The fourth-order valence-electron chi connectivity index (χ4n) is 3.30. The van der Waals surface area contributed by atoms with Gasteiger partial charge in [-0.2, -0.15) is 0 Å². The summed E-state index contributed by atoms with van der Waals surface area (Å²) in [6, 6.07) is 11.9. The lowest BCUT2D eigenvalue weighted by atomic mass is 10.1. The van der Waals surface area contributed by atoms with Gasteiger partial charge in [-0.3, -0.25) is 4.79 Å². The number of benzene rings is 1. The topological polar surface area (TPSA) is 93.6 Å². The molecule has 1 amide bonds. The first kappa shape index (κ1) is 18.7. The van der Waals surface area contributed by atoms with Crippen LogP contribution in [0, 0.1) is 12.8 Å². The van der Waals surface area contributed by atoms with Crippen molar-refractivity contribution in [1.82, 2.24) is 4.90 Å². The van der Waals surface area contributed by atoms with Gasteiger partial charge in [0.1, 0.15) is 11.5 Å². The molecule has 1 aliphatic heterocycles. The Bertz CT molecular complexity index is 871. The van der Waals surface area contributed by atoms with Crippen molar-refractivity contribution >= 4 is 15.9 Å². The van der Waals surface area contributed by atoms with Gasteiger partial charge in [-0.15, -0.1) is 0 Å². The Kier molecular flexibility index (Phi) is 5.48. The van der Waals surface area contributed by atoms with Crippen molar-refractivity contribution < 1.29 is 17.6 Å². The molecule has 2 aromatic rings. The molecule has 1 aromatic heterocycles. The largest absolute Gasteiger partial charge is 0.461 e. The number of hydrogen-bond acceptors (Lipinski definition) is 4. The van der Waals surface area contributed by atoms with Crippen molar-refractivity contribution in [3.05, 3.63) is 47.7 Å². The van der Waals surface area contributed by atoms with E-state index in [0.29, 0.717) is 32.4 Å². The normalized spacial score (nSPS) is 17.6. The molecule has 2 N–H and O–H groups in total. The van der Waals surface area contributed by atoms with Crippen LogP contribution in [-0.4, -0.2) is 38.1 Å². The Balaban J connectivity index is 1.52. The second-order valence-corrected chi connectivity index (χ2v) is 8.62. The number of aryl methyl sites for hydroxylation is 2. The van der Waals surface area contributed by atoms with Crippen molar-refractivity contribution in [2.24, 2.45) is 11.1 Å². The molecule has 7 heteroatoms. The van der Waals surface area contributed by atoms with Crippen molar-refractivity contribution in [2.45, 2.75) is 26.2 Å². The highest BCUT2D eigenvalue weighted by Crippen LogP contribution is 2.24. The average molecular weight is 376 g/mol. The number of likely N-dealkylation sites (tertiary alicyclic amines) is 1. The van der Waals surface area contributed by atoms with Crippen LogP contribution in [0.2, 0.25) is 0 Å². The summed E-state index contributed by atoms with van der Waals surface area (Å²) in [6.45, 7) is 3.09. The van der Waals surface area contributed by atoms with E-state index in [9.17, 15) is 13.2 Å². The zero-order valence-corrected chi connectivity index (χ0v) is 15.7. The number of carbonyl (C=O) groups is 1. The minimum Gasteiger partial charge on any atom is -0.461 e. The highest BCUT2D eigenvalue weighted by Gasteiger charge is 2.28. The van der Waals surface area contributed by atoms with E-state index in [1.54, 1.807) is 4.90 Å². The molecule has 1 unspecified atom stereocenters. The summed E-state index contributed by atoms with van der Waals surface area (Å²) in [4.78, 5) is 14.1. The fourth-order valence-corrected chi connectivity index (χ4v) is 4.23. The van der Waals surface area contributed by atoms with E-state index in [1.807, 2.05) is 43.3 Å². The first-order chi connectivity index (χ1) is 12.3. The third kappa shape index (κ3) is 4.95. The molecule has 3 rings (SSSR count). The van der Waals surface area contributed by atoms with Crippen LogP contribution < -0.4 is 5.14 Å². The molecule has 0 aliphatic carbocycles. The van der Waals surface area contributed by atoms with Gasteiger partial charge in [-0.25, -0.2) is 13.6 Å². The zero-order chi connectivity index (χ0) is 18.7. The molecule has 0 spiro atoms. The van der Waals surface area contributed by atoms with Gasteiger partial charge in [0.25, 0.3) is 0 Å². The molecule has 1 aliphatic rings. The minimum absolute atomic E-state index is 0.0233. The number of amides is 1. The number of sulfonamides is 1. The van der Waals surface area contributed by atoms with Crippen LogP contribution >= 0.6 is 0 Å². The average Bonchev–Trinajstić information content (AvgIpc) is 3.21. The minimum atomic E-state index is -3.49. The van der Waals surface area contributed by atoms with Gasteiger partial charge in [0.15, 0.2) is 0 Å². The fraction of sp³-hybridized carbons (Fsp3) is 0.421. The van der Waals surface area contributed by atoms with Crippen LogP contribution in [0.25, 0.3) is 11.3 Å². The summed E-state index contributed by atoms with van der Waals surface area (Å²) < 4.78 is 28.2. The number of hydrogen-bond donors (Lipinski definition) is 1. The summed E-state index contributed by atoms with van der Waals surface area (Å²) in [7, 11) is -3.49. The Labute approximate surface area is 154 Å². The van der Waals surface area contributed by atoms with Crippen LogP contribution in [0.3, 0.4) is 0 Å². The third-order valence-corrected chi connectivity index (χ3v) is 5.63. The number of primary sulfonamides is 1. The van der Waals surface area contributed by atoms with Crippen LogP contribution in [0.4, 0.5) is 0 Å². The van der Waals surface area contributed by atoms with E-state index >= 15 is 0 Å². The zero-order valence-electron chi connectivity index (χ0n) is 14.8. The van der Waals surface area contributed by atoms with E-state index in [0.717, 1.165) is 17.1 Å². The molecule has 0 radical (unpaired) electrons. The van der Waals surface area contributed by atoms with Gasteiger partial charge in [0.05, 0.1) is 5.75 Å². The summed E-state index contributed by atoms with van der Waals surface area (Å²) in [6.07, 6.45) is 1.56. The maximum Gasteiger partial charge on any atom is 0.223 e. The van der Waals surface area contributed by atoms with Gasteiger partial charge in [-0.05, 0) is 31.4 Å². The molecule has 140 valence electrons. The molecule has 1 aromatic carbocycles. The molecule has 0 bridgehead atoms. The lowest BCUT2D eigenvalue weighted by Gasteiger charge is -2.16. The predicted octanol–water partition coefficient (Wildman–Crippen LogP) is 2.32. The van der Waals surface area contributed by atoms with Crippen LogP contribution in [-0.2, 0) is 21.2 Å². The Morgan fingerprint density at radius 3 is 2.65 bits per heavy atom. The summed E-state index contributed by atoms with van der Waals surface area (Å²) in [5.74, 6) is 1.46. The summed E-state index contributed by atoms with van der Waals surface area (Å²) in [5.41, 5.74) is 2.20. The molecular weight excluding hydrogens is 352 g/mol. The maximum atomic E-state index is 12.3. The monoisotopic (exact) mass is 376 g/mol. The van der Waals surface area contributed by atoms with Gasteiger partial charge in [0.2, 0.25) is 15.9 Å². The summed E-state index contributed by atoms with van der Waals surface area (Å²) in [5, 5.41) is 5.09. The lowest BCUT2D eigenvalue weighted by molar-refractivity contribution is -0.130. The Morgan fingerprint density at radius 2 is 1.96 bits per heavy atom. The van der Waals surface area contributed by atoms with Crippen LogP contribution in [0.15, 0.2) is 40.8 Å². The first-order valence-corrected chi connectivity index (χ1v) is 10.5. The van der Waals surface area contributed by atoms with Gasteiger partial charge < -0.3 is 9.32 Å². The molecule has 1 saturated heterocycles. The maximum absolute atomic E-state index is 12.3. The van der Waals surface area contributed by atoms with E-state index in [-0.39, 0.29) is 17.6 Å². The smallest absolute Gasteiger partial charge is 0.223 e. The van der Waals surface area contributed by atoms with E-state index in [4.69, 9.17) is 9.56 Å². The lowest BCUT2D eigenvalue weighted by Crippen LogP contribution is -2.30.